The van der Waals surface area contributed by atoms with Crippen molar-refractivity contribution in [3.8, 4) is 0 Å². The molecule has 2 N–H and O–H groups in total. The number of carbonyl (C=O) groups is 1. The topological polar surface area (TPSA) is 75.3 Å². The summed E-state index contributed by atoms with van der Waals surface area (Å²) in [5.41, 5.74) is -0.489. The lowest BCUT2D eigenvalue weighted by Gasteiger charge is -2.23. The van der Waals surface area contributed by atoms with Crippen LogP contribution in [0, 0.1) is 5.41 Å². The largest absolute Gasteiger partial charge is 0.353 e. The molecule has 0 aliphatic rings. The van der Waals surface area contributed by atoms with E-state index in [-0.39, 0.29) is 11.3 Å². The van der Waals surface area contributed by atoms with E-state index >= 15 is 0 Å². The van der Waals surface area contributed by atoms with Gasteiger partial charge in [0.1, 0.15) is 0 Å². The standard InChI is InChI=1S/C15H28N2O3S/c1-7-21(19,20)17-15(5,6)10-8-9-13(18)16-12-11-14(2,3)4/h7-9,17H,1,10-12H2,2-6H3,(H,16,18)/b9-8-. The Bertz CT molecular complexity index is 486. The first-order valence-electron chi connectivity index (χ1n) is 6.98. The summed E-state index contributed by atoms with van der Waals surface area (Å²) < 4.78 is 25.3. The Labute approximate surface area is 128 Å². The van der Waals surface area contributed by atoms with E-state index in [1.165, 1.54) is 6.08 Å². The highest BCUT2D eigenvalue weighted by molar-refractivity contribution is 7.92. The molecular weight excluding hydrogens is 288 g/mol. The van der Waals surface area contributed by atoms with Gasteiger partial charge in [-0.25, -0.2) is 13.1 Å². The Morgan fingerprint density at radius 3 is 2.24 bits per heavy atom. The Hall–Kier alpha value is -1.14. The van der Waals surface area contributed by atoms with Crippen LogP contribution in [0.1, 0.15) is 47.5 Å². The highest BCUT2D eigenvalue weighted by Crippen LogP contribution is 2.16. The lowest BCUT2D eigenvalue weighted by atomic mass is 9.92. The molecular formula is C15H28N2O3S. The zero-order valence-electron chi connectivity index (χ0n) is 13.7. The first-order valence-corrected chi connectivity index (χ1v) is 8.52. The average Bonchev–Trinajstić information content (AvgIpc) is 2.25. The molecule has 0 bridgehead atoms. The normalized spacial score (nSPS) is 13.4. The number of rotatable bonds is 8. The Morgan fingerprint density at radius 1 is 1.19 bits per heavy atom. The van der Waals surface area contributed by atoms with E-state index in [0.717, 1.165) is 11.8 Å². The van der Waals surface area contributed by atoms with E-state index in [2.05, 4.69) is 37.4 Å². The fraction of sp³-hybridized carbons (Fsp3) is 0.667. The number of amides is 1. The maximum atomic E-state index is 11.6. The van der Waals surface area contributed by atoms with Crippen LogP contribution in [0.5, 0.6) is 0 Å². The van der Waals surface area contributed by atoms with Gasteiger partial charge in [-0.1, -0.05) is 33.4 Å². The first-order chi connectivity index (χ1) is 9.37. The lowest BCUT2D eigenvalue weighted by molar-refractivity contribution is -0.116. The molecule has 0 aromatic heterocycles. The lowest BCUT2D eigenvalue weighted by Crippen LogP contribution is -2.41. The SMILES string of the molecule is C=CS(=O)(=O)NC(C)(C)C/C=C\C(=O)NCCC(C)(C)C. The van der Waals surface area contributed by atoms with Crippen LogP contribution in [0.4, 0.5) is 0 Å². The summed E-state index contributed by atoms with van der Waals surface area (Å²) in [5, 5.41) is 3.68. The summed E-state index contributed by atoms with van der Waals surface area (Å²) in [6, 6.07) is 0. The molecule has 0 aromatic carbocycles. The van der Waals surface area contributed by atoms with Crippen molar-refractivity contribution < 1.29 is 13.2 Å². The minimum Gasteiger partial charge on any atom is -0.353 e. The van der Waals surface area contributed by atoms with Crippen LogP contribution in [-0.2, 0) is 14.8 Å². The highest BCUT2D eigenvalue weighted by Gasteiger charge is 2.21. The molecule has 122 valence electrons. The van der Waals surface area contributed by atoms with Gasteiger partial charge in [0.05, 0.1) is 0 Å². The zero-order valence-corrected chi connectivity index (χ0v) is 14.5. The second kappa shape index (κ2) is 7.75. The third kappa shape index (κ3) is 11.2. The van der Waals surface area contributed by atoms with E-state index in [4.69, 9.17) is 0 Å². The second-order valence-corrected chi connectivity index (χ2v) is 8.53. The molecule has 0 aliphatic heterocycles. The molecule has 1 amide bonds. The van der Waals surface area contributed by atoms with E-state index in [9.17, 15) is 13.2 Å². The third-order valence-corrected chi connectivity index (χ3v) is 3.99. The maximum absolute atomic E-state index is 11.6. The number of sulfonamides is 1. The van der Waals surface area contributed by atoms with E-state index < -0.39 is 15.6 Å². The smallest absolute Gasteiger partial charge is 0.243 e. The van der Waals surface area contributed by atoms with Crippen molar-refractivity contribution in [2.75, 3.05) is 6.54 Å². The van der Waals surface area contributed by atoms with Gasteiger partial charge < -0.3 is 5.32 Å². The van der Waals surface area contributed by atoms with Crippen LogP contribution < -0.4 is 10.0 Å². The summed E-state index contributed by atoms with van der Waals surface area (Å²) in [6.45, 7) is 13.7. The van der Waals surface area contributed by atoms with Crippen molar-refractivity contribution in [1.82, 2.24) is 10.0 Å². The molecule has 0 saturated carbocycles. The van der Waals surface area contributed by atoms with Crippen LogP contribution in [0.15, 0.2) is 24.1 Å². The van der Waals surface area contributed by atoms with Gasteiger partial charge >= 0.3 is 0 Å². The molecule has 0 aromatic rings. The van der Waals surface area contributed by atoms with Crippen LogP contribution in [0.25, 0.3) is 0 Å². The fourth-order valence-electron chi connectivity index (χ4n) is 1.55. The van der Waals surface area contributed by atoms with E-state index in [1.54, 1.807) is 19.9 Å². The Kier molecular flexibility index (Phi) is 7.33. The molecule has 0 heterocycles. The van der Waals surface area contributed by atoms with Crippen LogP contribution in [-0.4, -0.2) is 26.4 Å². The fourth-order valence-corrected chi connectivity index (χ4v) is 2.49. The van der Waals surface area contributed by atoms with Crippen molar-refractivity contribution in [3.63, 3.8) is 0 Å². The minimum absolute atomic E-state index is 0.165. The Balaban J connectivity index is 4.25. The molecule has 0 unspecified atom stereocenters. The van der Waals surface area contributed by atoms with Crippen molar-refractivity contribution in [3.05, 3.63) is 24.1 Å². The van der Waals surface area contributed by atoms with Gasteiger partial charge in [-0.05, 0) is 38.2 Å². The number of hydrogen-bond acceptors (Lipinski definition) is 3. The van der Waals surface area contributed by atoms with Gasteiger partial charge in [0, 0.05) is 17.5 Å². The molecule has 21 heavy (non-hydrogen) atoms. The first kappa shape index (κ1) is 19.9. The summed E-state index contributed by atoms with van der Waals surface area (Å²) in [5.74, 6) is -0.165. The van der Waals surface area contributed by atoms with Gasteiger partial charge in [0.15, 0.2) is 0 Å². The van der Waals surface area contributed by atoms with Crippen LogP contribution in [0.3, 0.4) is 0 Å². The molecule has 0 fully saturated rings. The molecule has 0 rings (SSSR count). The summed E-state index contributed by atoms with van der Waals surface area (Å²) in [4.78, 5) is 11.6. The maximum Gasteiger partial charge on any atom is 0.243 e. The predicted molar refractivity (Wildman–Crippen MR) is 87.2 cm³/mol. The quantitative estimate of drug-likeness (QED) is 0.675. The summed E-state index contributed by atoms with van der Waals surface area (Å²) in [6.07, 6.45) is 4.41. The molecule has 5 nitrogen and oxygen atoms in total. The van der Waals surface area contributed by atoms with Crippen molar-refractivity contribution in [1.29, 1.82) is 0 Å². The highest BCUT2D eigenvalue weighted by atomic mass is 32.2. The van der Waals surface area contributed by atoms with Gasteiger partial charge in [0.25, 0.3) is 0 Å². The zero-order chi connectivity index (χ0) is 16.7. The number of nitrogens with one attached hydrogen (secondary N) is 2. The van der Waals surface area contributed by atoms with Gasteiger partial charge in [-0.15, -0.1) is 0 Å². The molecule has 0 spiro atoms. The van der Waals surface area contributed by atoms with E-state index in [0.29, 0.717) is 13.0 Å². The van der Waals surface area contributed by atoms with Gasteiger partial charge in [-0.2, -0.15) is 0 Å². The van der Waals surface area contributed by atoms with Gasteiger partial charge in [0.2, 0.25) is 15.9 Å². The molecule has 6 heteroatoms. The molecule has 0 saturated heterocycles. The number of carbonyl (C=O) groups excluding carboxylic acids is 1. The van der Waals surface area contributed by atoms with E-state index in [1.807, 2.05) is 0 Å². The van der Waals surface area contributed by atoms with Crippen molar-refractivity contribution in [2.45, 2.75) is 53.0 Å². The average molecular weight is 316 g/mol. The summed E-state index contributed by atoms with van der Waals surface area (Å²) >= 11 is 0. The molecule has 0 radical (unpaired) electrons. The van der Waals surface area contributed by atoms with Crippen LogP contribution in [0.2, 0.25) is 0 Å². The second-order valence-electron chi connectivity index (χ2n) is 6.91. The minimum atomic E-state index is -3.48. The molecule has 0 atom stereocenters. The summed E-state index contributed by atoms with van der Waals surface area (Å²) in [7, 11) is -3.48. The van der Waals surface area contributed by atoms with Gasteiger partial charge in [-0.3, -0.25) is 4.79 Å². The van der Waals surface area contributed by atoms with Crippen LogP contribution >= 0.6 is 0 Å². The predicted octanol–water partition coefficient (Wildman–Crippen LogP) is 2.33. The monoisotopic (exact) mass is 316 g/mol. The van der Waals surface area contributed by atoms with Crippen molar-refractivity contribution in [2.24, 2.45) is 5.41 Å². The van der Waals surface area contributed by atoms with Crippen molar-refractivity contribution >= 4 is 15.9 Å². The third-order valence-electron chi connectivity index (χ3n) is 2.71. The Morgan fingerprint density at radius 2 is 1.76 bits per heavy atom. The number of hydrogen-bond donors (Lipinski definition) is 2. The molecule has 0 aliphatic carbocycles.